The van der Waals surface area contributed by atoms with Crippen LogP contribution in [0.4, 0.5) is 11.6 Å². The minimum absolute atomic E-state index is 0.745. The van der Waals surface area contributed by atoms with Crippen LogP contribution in [0.1, 0.15) is 0 Å². The van der Waals surface area contributed by atoms with E-state index in [4.69, 9.17) is 0 Å². The van der Waals surface area contributed by atoms with E-state index in [2.05, 4.69) is 46.2 Å². The van der Waals surface area contributed by atoms with E-state index in [-0.39, 0.29) is 0 Å². The topological polar surface area (TPSA) is 44.3 Å². The van der Waals surface area contributed by atoms with Gasteiger partial charge in [0.1, 0.15) is 11.6 Å². The summed E-state index contributed by atoms with van der Waals surface area (Å²) in [6, 6.07) is 12.0. The zero-order chi connectivity index (χ0) is 15.2. The van der Waals surface area contributed by atoms with Gasteiger partial charge in [0.25, 0.3) is 0 Å². The van der Waals surface area contributed by atoms with Gasteiger partial charge < -0.3 is 15.1 Å². The average molecular weight is 285 g/mol. The fourth-order valence-electron chi connectivity index (χ4n) is 1.94. The van der Waals surface area contributed by atoms with Crippen LogP contribution in [0.2, 0.25) is 0 Å². The van der Waals surface area contributed by atoms with Crippen molar-refractivity contribution in [3.63, 3.8) is 0 Å². The Morgan fingerprint density at radius 2 is 1.71 bits per heavy atom. The Kier molecular flexibility index (Phi) is 5.11. The molecule has 1 N–H and O–H groups in total. The van der Waals surface area contributed by atoms with Gasteiger partial charge in [-0.3, -0.25) is 0 Å². The molecule has 5 nitrogen and oxygen atoms in total. The molecule has 0 aliphatic rings. The van der Waals surface area contributed by atoms with Crippen molar-refractivity contribution in [3.8, 4) is 11.4 Å². The predicted octanol–water partition coefficient (Wildman–Crippen LogP) is 2.18. The largest absolute Gasteiger partial charge is 0.373 e. The first-order chi connectivity index (χ1) is 10.1. The van der Waals surface area contributed by atoms with Crippen molar-refractivity contribution in [1.29, 1.82) is 0 Å². The highest BCUT2D eigenvalue weighted by molar-refractivity contribution is 5.61. The van der Waals surface area contributed by atoms with E-state index in [9.17, 15) is 0 Å². The normalized spacial score (nSPS) is 10.7. The van der Waals surface area contributed by atoms with Gasteiger partial charge in [0.2, 0.25) is 0 Å². The maximum absolute atomic E-state index is 4.69. The lowest BCUT2D eigenvalue weighted by Crippen LogP contribution is -2.29. The van der Waals surface area contributed by atoms with Crippen LogP contribution >= 0.6 is 0 Å². The first kappa shape index (κ1) is 15.3. The molecule has 2 aromatic rings. The summed E-state index contributed by atoms with van der Waals surface area (Å²) in [6.45, 7) is 1.90. The number of nitrogens with one attached hydrogen (secondary N) is 1. The van der Waals surface area contributed by atoms with Crippen LogP contribution in [0.3, 0.4) is 0 Å². The highest BCUT2D eigenvalue weighted by Gasteiger charge is 2.09. The Bertz CT molecular complexity index is 568. The summed E-state index contributed by atoms with van der Waals surface area (Å²) in [5, 5.41) is 3.11. The number of aromatic nitrogens is 2. The molecular formula is C16H23N5. The smallest absolute Gasteiger partial charge is 0.163 e. The minimum atomic E-state index is 0.745. The van der Waals surface area contributed by atoms with Gasteiger partial charge in [-0.2, -0.15) is 0 Å². The molecule has 2 rings (SSSR count). The van der Waals surface area contributed by atoms with E-state index in [1.165, 1.54) is 0 Å². The zero-order valence-corrected chi connectivity index (χ0v) is 13.2. The Balaban J connectivity index is 2.29. The van der Waals surface area contributed by atoms with E-state index in [0.29, 0.717) is 0 Å². The molecule has 0 bridgehead atoms. The summed E-state index contributed by atoms with van der Waals surface area (Å²) in [5.41, 5.74) is 1.02. The summed E-state index contributed by atoms with van der Waals surface area (Å²) < 4.78 is 0. The van der Waals surface area contributed by atoms with Crippen LogP contribution in [-0.2, 0) is 0 Å². The summed E-state index contributed by atoms with van der Waals surface area (Å²) >= 11 is 0. The van der Waals surface area contributed by atoms with E-state index in [1.54, 1.807) is 0 Å². The number of anilines is 2. The second-order valence-electron chi connectivity index (χ2n) is 5.28. The summed E-state index contributed by atoms with van der Waals surface area (Å²) in [6.07, 6.45) is 0. The fourth-order valence-corrected chi connectivity index (χ4v) is 1.94. The SMILES string of the molecule is CNc1cc(N(C)CCN(C)C)nc(-c2ccccc2)n1. The number of hydrogen-bond donors (Lipinski definition) is 1. The molecule has 0 saturated heterocycles. The number of nitrogens with zero attached hydrogens (tertiary/aromatic N) is 4. The maximum Gasteiger partial charge on any atom is 0.163 e. The third kappa shape index (κ3) is 4.16. The molecule has 1 aromatic carbocycles. The van der Waals surface area contributed by atoms with Gasteiger partial charge in [0.15, 0.2) is 5.82 Å². The van der Waals surface area contributed by atoms with E-state index < -0.39 is 0 Å². The highest BCUT2D eigenvalue weighted by atomic mass is 15.2. The Hall–Kier alpha value is -2.14. The number of rotatable bonds is 6. The molecule has 5 heteroatoms. The second kappa shape index (κ2) is 7.04. The Morgan fingerprint density at radius 3 is 2.33 bits per heavy atom. The lowest BCUT2D eigenvalue weighted by molar-refractivity contribution is 0.416. The van der Waals surface area contributed by atoms with E-state index in [0.717, 1.165) is 36.1 Å². The molecule has 0 saturated carbocycles. The number of benzene rings is 1. The molecule has 0 radical (unpaired) electrons. The molecule has 112 valence electrons. The summed E-state index contributed by atoms with van der Waals surface area (Å²) in [7, 11) is 8.07. The summed E-state index contributed by atoms with van der Waals surface area (Å²) in [5.74, 6) is 2.50. The Morgan fingerprint density at radius 1 is 1.00 bits per heavy atom. The molecular weight excluding hydrogens is 262 g/mol. The van der Waals surface area contributed by atoms with Crippen molar-refractivity contribution in [2.45, 2.75) is 0 Å². The molecule has 1 aromatic heterocycles. The van der Waals surface area contributed by atoms with Gasteiger partial charge in [0, 0.05) is 38.8 Å². The van der Waals surface area contributed by atoms with Crippen LogP contribution in [0, 0.1) is 0 Å². The molecule has 0 aliphatic heterocycles. The lowest BCUT2D eigenvalue weighted by Gasteiger charge is -2.21. The molecule has 0 atom stereocenters. The minimum Gasteiger partial charge on any atom is -0.373 e. The standard InChI is InChI=1S/C16H23N5/c1-17-14-12-15(21(4)11-10-20(2)3)19-16(18-14)13-8-6-5-7-9-13/h5-9,12H,10-11H2,1-4H3,(H,17,18,19). The average Bonchev–Trinajstić information content (AvgIpc) is 2.52. The molecule has 1 heterocycles. The van der Waals surface area contributed by atoms with Gasteiger partial charge in [-0.05, 0) is 14.1 Å². The molecule has 0 spiro atoms. The molecule has 0 fully saturated rings. The van der Waals surface area contributed by atoms with Crippen LogP contribution in [0.25, 0.3) is 11.4 Å². The first-order valence-electron chi connectivity index (χ1n) is 7.08. The van der Waals surface area contributed by atoms with Gasteiger partial charge in [-0.25, -0.2) is 9.97 Å². The van der Waals surface area contributed by atoms with Crippen molar-refractivity contribution >= 4 is 11.6 Å². The second-order valence-corrected chi connectivity index (χ2v) is 5.28. The van der Waals surface area contributed by atoms with Crippen molar-refractivity contribution in [2.75, 3.05) is 51.5 Å². The summed E-state index contributed by atoms with van der Waals surface area (Å²) in [4.78, 5) is 13.5. The van der Waals surface area contributed by atoms with Crippen LogP contribution in [-0.4, -0.2) is 56.1 Å². The van der Waals surface area contributed by atoms with Crippen molar-refractivity contribution in [2.24, 2.45) is 0 Å². The third-order valence-electron chi connectivity index (χ3n) is 3.27. The van der Waals surface area contributed by atoms with Crippen molar-refractivity contribution in [3.05, 3.63) is 36.4 Å². The van der Waals surface area contributed by atoms with E-state index in [1.807, 2.05) is 43.4 Å². The number of hydrogen-bond acceptors (Lipinski definition) is 5. The van der Waals surface area contributed by atoms with Gasteiger partial charge in [-0.1, -0.05) is 30.3 Å². The third-order valence-corrected chi connectivity index (χ3v) is 3.27. The van der Waals surface area contributed by atoms with Gasteiger partial charge in [0.05, 0.1) is 0 Å². The molecule has 0 amide bonds. The zero-order valence-electron chi connectivity index (χ0n) is 13.2. The number of likely N-dealkylation sites (N-methyl/N-ethyl adjacent to an activating group) is 2. The van der Waals surface area contributed by atoms with Crippen molar-refractivity contribution in [1.82, 2.24) is 14.9 Å². The lowest BCUT2D eigenvalue weighted by atomic mass is 10.2. The monoisotopic (exact) mass is 285 g/mol. The maximum atomic E-state index is 4.69. The fraction of sp³-hybridized carbons (Fsp3) is 0.375. The molecule has 0 unspecified atom stereocenters. The van der Waals surface area contributed by atoms with Crippen LogP contribution in [0.15, 0.2) is 36.4 Å². The Labute approximate surface area is 126 Å². The van der Waals surface area contributed by atoms with Crippen molar-refractivity contribution < 1.29 is 0 Å². The highest BCUT2D eigenvalue weighted by Crippen LogP contribution is 2.21. The quantitative estimate of drug-likeness (QED) is 0.881. The van der Waals surface area contributed by atoms with Gasteiger partial charge in [-0.15, -0.1) is 0 Å². The molecule has 21 heavy (non-hydrogen) atoms. The van der Waals surface area contributed by atoms with E-state index >= 15 is 0 Å². The first-order valence-corrected chi connectivity index (χ1v) is 7.08. The molecule has 0 aliphatic carbocycles. The predicted molar refractivity (Wildman–Crippen MR) is 88.8 cm³/mol. The van der Waals surface area contributed by atoms with Crippen LogP contribution in [0.5, 0.6) is 0 Å². The van der Waals surface area contributed by atoms with Gasteiger partial charge >= 0.3 is 0 Å². The van der Waals surface area contributed by atoms with Crippen LogP contribution < -0.4 is 10.2 Å².